The summed E-state index contributed by atoms with van der Waals surface area (Å²) in [5.41, 5.74) is 25.6. The second-order valence-corrected chi connectivity index (χ2v) is 29.2. The molecule has 20 rings (SSSR count). The van der Waals surface area contributed by atoms with Gasteiger partial charge in [0, 0.05) is 61.6 Å². The minimum Gasteiger partial charge on any atom is -0.457 e. The van der Waals surface area contributed by atoms with Crippen molar-refractivity contribution >= 4 is 91.0 Å². The number of rotatable bonds is 17. The molecule has 0 N–H and O–H groups in total. The Balaban J connectivity index is 0.860. The van der Waals surface area contributed by atoms with Gasteiger partial charge in [-0.05, 0) is 192 Å². The second kappa shape index (κ2) is 29.9. The number of hydrogen-bond acceptors (Lipinski definition) is 10. The van der Waals surface area contributed by atoms with Crippen LogP contribution in [0.25, 0.3) is 117 Å². The summed E-state index contributed by atoms with van der Waals surface area (Å²) in [7, 11) is 0. The molecule has 11 nitrogen and oxygen atoms in total. The zero-order valence-electron chi connectivity index (χ0n) is 62.7. The number of hydrogen-bond donors (Lipinski definition) is 0. The lowest BCUT2D eigenvalue weighted by molar-refractivity contribution is 0.0464. The summed E-state index contributed by atoms with van der Waals surface area (Å²) in [5.74, 6) is 0.471. The van der Waals surface area contributed by atoms with E-state index in [1.54, 1.807) is 0 Å². The fraction of sp³-hybridized carbons (Fsp3) is 0.0192. The Labute approximate surface area is 671 Å². The lowest BCUT2D eigenvalue weighted by atomic mass is 9.33. The minimum atomic E-state index is -0.619. The van der Waals surface area contributed by atoms with E-state index in [-0.39, 0.29) is 13.2 Å². The number of para-hydroxylation sites is 1. The molecule has 0 spiro atoms. The van der Waals surface area contributed by atoms with Gasteiger partial charge in [-0.25, -0.2) is 24.5 Å². The maximum absolute atomic E-state index is 15.1. The van der Waals surface area contributed by atoms with Crippen molar-refractivity contribution in [3.63, 3.8) is 0 Å². The maximum atomic E-state index is 15.1. The zero-order valence-corrected chi connectivity index (χ0v) is 62.7. The molecule has 2 aliphatic rings. The summed E-state index contributed by atoms with van der Waals surface area (Å²) in [4.78, 5) is 50.4. The largest absolute Gasteiger partial charge is 0.457 e. The number of anilines is 6. The normalized spacial score (nSPS) is 11.9. The molecular weight excluding hydrogens is 1420 g/mol. The third-order valence-electron chi connectivity index (χ3n) is 22.1. The molecule has 18 aromatic rings. The van der Waals surface area contributed by atoms with E-state index in [4.69, 9.17) is 24.4 Å². The molecule has 0 saturated carbocycles. The molecule has 116 heavy (non-hydrogen) atoms. The molecule has 0 fully saturated rings. The highest BCUT2D eigenvalue weighted by Crippen LogP contribution is 2.50. The molecule has 0 unspecified atom stereocenters. The van der Waals surface area contributed by atoms with Crippen LogP contribution in [0.2, 0.25) is 0 Å². The molecule has 2 aliphatic heterocycles. The van der Waals surface area contributed by atoms with Crippen molar-refractivity contribution in [2.75, 3.05) is 9.80 Å². The molecule has 16 aromatic carbocycles. The number of carbonyl (C=O) groups is 2. The van der Waals surface area contributed by atoms with Crippen molar-refractivity contribution in [1.29, 1.82) is 5.26 Å². The van der Waals surface area contributed by atoms with E-state index >= 15 is 9.59 Å². The maximum Gasteiger partial charge on any atom is 0.338 e. The van der Waals surface area contributed by atoms with Crippen LogP contribution in [0.4, 0.5) is 34.1 Å². The lowest BCUT2D eigenvalue weighted by Crippen LogP contribution is -2.61. The van der Waals surface area contributed by atoms with Gasteiger partial charge in [0.25, 0.3) is 6.71 Å². The summed E-state index contributed by atoms with van der Waals surface area (Å²) in [6.07, 6.45) is 0. The molecule has 546 valence electrons. The van der Waals surface area contributed by atoms with Gasteiger partial charge in [0.1, 0.15) is 13.2 Å². The SMILES string of the molecule is N#Cc1ccc(-n2c3ccccc3c3cc(-c4cc5c6c(c4)N(c4cc(-c7ccccc7)cc(-c7ccccc7)c4)c4ccc(C(=O)OCc7ccccc7)cc4B6c4cc(C(=O)OCc6ccccc6)ccc4N5c4cc(-c5ccccc5)cc(-c5ccccc5)c4)ccc32)c(-c2nc(-c3ccccc3)nc(-c3ccccc3)n2)c1. The van der Waals surface area contributed by atoms with Crippen molar-refractivity contribution in [3.8, 4) is 102 Å². The van der Waals surface area contributed by atoms with Crippen molar-refractivity contribution < 1.29 is 19.1 Å². The van der Waals surface area contributed by atoms with E-state index in [1.165, 1.54) is 0 Å². The Kier molecular flexibility index (Phi) is 18.0. The van der Waals surface area contributed by atoms with E-state index in [1.807, 2.05) is 188 Å². The number of ether oxygens (including phenoxy) is 2. The first kappa shape index (κ1) is 69.6. The van der Waals surface area contributed by atoms with Crippen LogP contribution in [-0.2, 0) is 22.7 Å². The van der Waals surface area contributed by atoms with Crippen LogP contribution in [-0.4, -0.2) is 38.2 Å². The van der Waals surface area contributed by atoms with E-state index in [9.17, 15) is 5.26 Å². The van der Waals surface area contributed by atoms with Crippen LogP contribution < -0.4 is 26.2 Å². The van der Waals surface area contributed by atoms with Crippen LogP contribution in [0.15, 0.2) is 388 Å². The summed E-state index contributed by atoms with van der Waals surface area (Å²) in [5, 5.41) is 12.7. The van der Waals surface area contributed by atoms with Crippen molar-refractivity contribution in [2.24, 2.45) is 0 Å². The van der Waals surface area contributed by atoms with E-state index in [0.29, 0.717) is 39.7 Å². The molecule has 0 saturated heterocycles. The Morgan fingerprint density at radius 3 is 1.13 bits per heavy atom. The number of carbonyl (C=O) groups excluding carboxylic acids is 2. The number of nitriles is 1. The molecule has 0 radical (unpaired) electrons. The fourth-order valence-electron chi connectivity index (χ4n) is 16.6. The van der Waals surface area contributed by atoms with Gasteiger partial charge in [-0.1, -0.05) is 279 Å². The molecule has 0 atom stereocenters. The highest BCUT2D eigenvalue weighted by molar-refractivity contribution is 7.00. The van der Waals surface area contributed by atoms with Crippen molar-refractivity contribution in [1.82, 2.24) is 19.5 Å². The highest BCUT2D eigenvalue weighted by Gasteiger charge is 2.45. The highest BCUT2D eigenvalue weighted by atomic mass is 16.5. The standard InChI is InChI=1S/C104H68BN7O4/c106-65-70-45-49-94(89(53-70)102-108-100(75-39-21-7-22-40-75)107-101(109-102)76-41-23-8-24-42-76)112-92-44-26-25-43-87(92)88-60-77(46-50-93(88)112)84-63-97-99-98(64-84)111(86-58-82(73-35-17-5-18-36-73)55-83(59-86)74-37-19-6-20-38-74)96-52-48-79(104(114)116-67-69-29-11-2-12-30-69)62-91(96)105(99)90-61-78(103(113)115-66-68-27-9-1-10-28-68)47-51-95(90)110(97)85-56-80(71-31-13-3-14-32-71)54-81(57-85)72-33-15-4-16-34-72/h1-64H,66-67H2. The molecular formula is C104H68BN7O4. The lowest BCUT2D eigenvalue weighted by Gasteiger charge is -2.45. The average Bonchev–Trinajstić information content (AvgIpc) is 0.770. The van der Waals surface area contributed by atoms with Crippen LogP contribution in [0.1, 0.15) is 37.4 Å². The summed E-state index contributed by atoms with van der Waals surface area (Å²) >= 11 is 0. The summed E-state index contributed by atoms with van der Waals surface area (Å²) in [6, 6.07) is 135. The fourth-order valence-corrected chi connectivity index (χ4v) is 16.6. The predicted octanol–water partition coefficient (Wildman–Crippen LogP) is 23.0. The van der Waals surface area contributed by atoms with Gasteiger partial charge in [0.15, 0.2) is 17.5 Å². The van der Waals surface area contributed by atoms with Gasteiger partial charge in [-0.15, -0.1) is 0 Å². The molecule has 4 heterocycles. The van der Waals surface area contributed by atoms with Crippen LogP contribution in [0.5, 0.6) is 0 Å². The molecule has 12 heteroatoms. The molecule has 0 amide bonds. The van der Waals surface area contributed by atoms with E-state index < -0.39 is 18.7 Å². The van der Waals surface area contributed by atoms with Crippen LogP contribution in [0, 0.1) is 11.3 Å². The molecule has 0 bridgehead atoms. The quantitative estimate of drug-likeness (QED) is 0.0642. The smallest absolute Gasteiger partial charge is 0.338 e. The number of benzene rings is 16. The van der Waals surface area contributed by atoms with Crippen LogP contribution >= 0.6 is 0 Å². The topological polar surface area (TPSA) is 126 Å². The summed E-state index contributed by atoms with van der Waals surface area (Å²) in [6.45, 7) is -0.470. The first-order valence-corrected chi connectivity index (χ1v) is 38.7. The van der Waals surface area contributed by atoms with E-state index in [2.05, 4.69) is 221 Å². The Morgan fingerprint density at radius 2 is 0.690 bits per heavy atom. The number of aromatic nitrogens is 4. The number of esters is 2. The van der Waals surface area contributed by atoms with Gasteiger partial charge in [0.05, 0.1) is 39.5 Å². The number of fused-ring (bicyclic) bond motifs is 7. The van der Waals surface area contributed by atoms with Crippen LogP contribution in [0.3, 0.4) is 0 Å². The Bertz CT molecular complexity index is 6460. The predicted molar refractivity (Wildman–Crippen MR) is 468 cm³/mol. The first-order valence-electron chi connectivity index (χ1n) is 38.7. The monoisotopic (exact) mass is 1490 g/mol. The third kappa shape index (κ3) is 13.1. The van der Waals surface area contributed by atoms with Gasteiger partial charge in [0.2, 0.25) is 0 Å². The molecule has 0 aliphatic carbocycles. The Hall–Kier alpha value is -15.6. The third-order valence-corrected chi connectivity index (χ3v) is 22.1. The van der Waals surface area contributed by atoms with Crippen molar-refractivity contribution in [3.05, 3.63) is 416 Å². The summed E-state index contributed by atoms with van der Waals surface area (Å²) < 4.78 is 14.8. The molecule has 2 aromatic heterocycles. The van der Waals surface area contributed by atoms with Gasteiger partial charge >= 0.3 is 11.9 Å². The van der Waals surface area contributed by atoms with Gasteiger partial charge in [-0.3, -0.25) is 0 Å². The van der Waals surface area contributed by atoms with Gasteiger partial charge in [-0.2, -0.15) is 5.26 Å². The average molecular weight is 1490 g/mol. The zero-order chi connectivity index (χ0) is 77.6. The van der Waals surface area contributed by atoms with Crippen molar-refractivity contribution in [2.45, 2.75) is 13.2 Å². The second-order valence-electron chi connectivity index (χ2n) is 29.2. The number of nitrogens with zero attached hydrogens (tertiary/aromatic N) is 7. The first-order chi connectivity index (χ1) is 57.3. The van der Waals surface area contributed by atoms with Gasteiger partial charge < -0.3 is 23.8 Å². The van der Waals surface area contributed by atoms with E-state index in [0.717, 1.165) is 156 Å². The minimum absolute atomic E-state index is 0.0745. The Morgan fingerprint density at radius 1 is 0.310 bits per heavy atom.